The molecule has 2 aromatic rings. The number of hydrogen-bond acceptors (Lipinski definition) is 4. The lowest BCUT2D eigenvalue weighted by Gasteiger charge is -2.09. The maximum Gasteiger partial charge on any atom is 0.344 e. The van der Waals surface area contributed by atoms with Crippen molar-refractivity contribution in [2.45, 2.75) is 31.0 Å². The average molecular weight is 339 g/mol. The zero-order valence-corrected chi connectivity index (χ0v) is 13.5. The first-order valence-electron chi connectivity index (χ1n) is 6.91. The van der Waals surface area contributed by atoms with Crippen molar-refractivity contribution in [2.75, 3.05) is 11.1 Å². The van der Waals surface area contributed by atoms with Crippen molar-refractivity contribution in [1.82, 2.24) is 14.8 Å². The van der Waals surface area contributed by atoms with Crippen LogP contribution >= 0.6 is 23.4 Å². The van der Waals surface area contributed by atoms with E-state index in [2.05, 4.69) is 15.5 Å². The highest BCUT2D eigenvalue weighted by Gasteiger charge is 2.28. The van der Waals surface area contributed by atoms with E-state index in [-0.39, 0.29) is 23.4 Å². The maximum atomic E-state index is 12.1. The number of halogens is 1. The largest absolute Gasteiger partial charge is 0.344 e. The molecule has 1 aromatic carbocycles. The molecule has 1 fully saturated rings. The number of rotatable bonds is 5. The summed E-state index contributed by atoms with van der Waals surface area (Å²) in [6.45, 7) is 1.85. The third kappa shape index (κ3) is 3.20. The Kier molecular flexibility index (Phi) is 4.26. The summed E-state index contributed by atoms with van der Waals surface area (Å²) in [6.07, 6.45) is 1.97. The third-order valence-corrected chi connectivity index (χ3v) is 4.82. The molecule has 1 saturated carbocycles. The molecule has 0 spiro atoms. The number of thioether (sulfide) groups is 1. The van der Waals surface area contributed by atoms with Crippen LogP contribution in [0.5, 0.6) is 0 Å². The van der Waals surface area contributed by atoms with Crippen LogP contribution in [0.3, 0.4) is 0 Å². The number of anilines is 1. The van der Waals surface area contributed by atoms with Crippen molar-refractivity contribution in [2.24, 2.45) is 0 Å². The van der Waals surface area contributed by atoms with Gasteiger partial charge in [-0.15, -0.1) is 5.10 Å². The quantitative estimate of drug-likeness (QED) is 0.821. The Morgan fingerprint density at radius 3 is 3.05 bits per heavy atom. The number of nitrogens with zero attached hydrogens (tertiary/aromatic N) is 2. The lowest BCUT2D eigenvalue weighted by atomic mass is 10.2. The van der Waals surface area contributed by atoms with Gasteiger partial charge in [0.15, 0.2) is 5.16 Å². The molecule has 1 aliphatic carbocycles. The SMILES string of the molecule is Cc1c(Cl)cccc1NC(=O)CSc1n[nH]c(=O)n1C1CC1. The van der Waals surface area contributed by atoms with E-state index in [1.54, 1.807) is 22.8 Å². The van der Waals surface area contributed by atoms with Crippen LogP contribution in [0.2, 0.25) is 5.02 Å². The van der Waals surface area contributed by atoms with Crippen LogP contribution in [0.25, 0.3) is 0 Å². The van der Waals surface area contributed by atoms with Crippen LogP contribution in [0.15, 0.2) is 28.2 Å². The number of aromatic nitrogens is 3. The topological polar surface area (TPSA) is 79.8 Å². The molecule has 116 valence electrons. The van der Waals surface area contributed by atoms with Crippen LogP contribution in [0.4, 0.5) is 5.69 Å². The molecular formula is C14H15ClN4O2S. The summed E-state index contributed by atoms with van der Waals surface area (Å²) >= 11 is 7.28. The summed E-state index contributed by atoms with van der Waals surface area (Å²) in [6, 6.07) is 5.60. The molecule has 0 unspecified atom stereocenters. The molecule has 0 aliphatic heterocycles. The van der Waals surface area contributed by atoms with Gasteiger partial charge in [0.1, 0.15) is 0 Å². The number of carbonyl (C=O) groups is 1. The first-order chi connectivity index (χ1) is 10.6. The Labute approximate surface area is 136 Å². The van der Waals surface area contributed by atoms with E-state index in [0.717, 1.165) is 18.4 Å². The summed E-state index contributed by atoms with van der Waals surface area (Å²) < 4.78 is 1.63. The molecule has 6 nitrogen and oxygen atoms in total. The predicted molar refractivity (Wildman–Crippen MR) is 86.7 cm³/mol. The van der Waals surface area contributed by atoms with Crippen LogP contribution < -0.4 is 11.0 Å². The summed E-state index contributed by atoms with van der Waals surface area (Å²) in [5.41, 5.74) is 1.31. The van der Waals surface area contributed by atoms with Gasteiger partial charge in [-0.3, -0.25) is 9.36 Å². The zero-order chi connectivity index (χ0) is 15.7. The molecule has 8 heteroatoms. The molecule has 1 heterocycles. The second-order valence-electron chi connectivity index (χ2n) is 5.16. The molecule has 1 aliphatic rings. The minimum Gasteiger partial charge on any atom is -0.325 e. The minimum absolute atomic E-state index is 0.159. The van der Waals surface area contributed by atoms with E-state index in [1.165, 1.54) is 11.8 Å². The number of carbonyl (C=O) groups excluding carboxylic acids is 1. The highest BCUT2D eigenvalue weighted by atomic mass is 35.5. The van der Waals surface area contributed by atoms with Crippen LogP contribution in [-0.2, 0) is 4.79 Å². The molecule has 22 heavy (non-hydrogen) atoms. The standard InChI is InChI=1S/C14H15ClN4O2S/c1-8-10(15)3-2-4-11(8)16-12(20)7-22-14-18-17-13(21)19(14)9-5-6-9/h2-4,9H,5-7H2,1H3,(H,16,20)(H,17,21). The Hall–Kier alpha value is -1.73. The second kappa shape index (κ2) is 6.18. The molecule has 0 radical (unpaired) electrons. The Balaban J connectivity index is 1.63. The molecular weight excluding hydrogens is 324 g/mol. The lowest BCUT2D eigenvalue weighted by molar-refractivity contribution is -0.113. The van der Waals surface area contributed by atoms with E-state index in [0.29, 0.717) is 15.9 Å². The number of benzene rings is 1. The Morgan fingerprint density at radius 1 is 1.55 bits per heavy atom. The first kappa shape index (κ1) is 15.2. The second-order valence-corrected chi connectivity index (χ2v) is 6.51. The van der Waals surface area contributed by atoms with Gasteiger partial charge in [0, 0.05) is 16.8 Å². The number of hydrogen-bond donors (Lipinski definition) is 2. The van der Waals surface area contributed by atoms with E-state index >= 15 is 0 Å². The van der Waals surface area contributed by atoms with Crippen molar-refractivity contribution in [3.63, 3.8) is 0 Å². The van der Waals surface area contributed by atoms with Crippen molar-refractivity contribution >= 4 is 35.0 Å². The van der Waals surface area contributed by atoms with Gasteiger partial charge in [0.2, 0.25) is 5.91 Å². The molecule has 2 N–H and O–H groups in total. The summed E-state index contributed by atoms with van der Waals surface area (Å²) in [5, 5.41) is 10.4. The van der Waals surface area contributed by atoms with Gasteiger partial charge in [-0.25, -0.2) is 9.89 Å². The van der Waals surface area contributed by atoms with Crippen LogP contribution in [0.1, 0.15) is 24.4 Å². The number of nitrogens with one attached hydrogen (secondary N) is 2. The minimum atomic E-state index is -0.212. The van der Waals surface area contributed by atoms with Crippen molar-refractivity contribution in [3.8, 4) is 0 Å². The van der Waals surface area contributed by atoms with Crippen molar-refractivity contribution in [3.05, 3.63) is 39.3 Å². The van der Waals surface area contributed by atoms with E-state index < -0.39 is 0 Å². The highest BCUT2D eigenvalue weighted by Crippen LogP contribution is 2.36. The molecule has 3 rings (SSSR count). The predicted octanol–water partition coefficient (Wildman–Crippen LogP) is 2.60. The van der Waals surface area contributed by atoms with Gasteiger partial charge in [0.25, 0.3) is 0 Å². The fraction of sp³-hybridized carbons (Fsp3) is 0.357. The van der Waals surface area contributed by atoms with Crippen LogP contribution in [0, 0.1) is 6.92 Å². The van der Waals surface area contributed by atoms with Gasteiger partial charge in [-0.1, -0.05) is 29.4 Å². The smallest absolute Gasteiger partial charge is 0.325 e. The van der Waals surface area contributed by atoms with Crippen molar-refractivity contribution < 1.29 is 4.79 Å². The van der Waals surface area contributed by atoms with E-state index in [9.17, 15) is 9.59 Å². The summed E-state index contributed by atoms with van der Waals surface area (Å²) in [5.74, 6) is 0.0244. The fourth-order valence-corrected chi connectivity index (χ4v) is 3.09. The third-order valence-electron chi connectivity index (χ3n) is 3.46. The molecule has 0 saturated heterocycles. The fourth-order valence-electron chi connectivity index (χ4n) is 2.11. The van der Waals surface area contributed by atoms with Gasteiger partial charge in [-0.2, -0.15) is 0 Å². The number of aromatic amines is 1. The average Bonchev–Trinajstić information content (AvgIpc) is 3.25. The van der Waals surface area contributed by atoms with E-state index in [1.807, 2.05) is 6.92 Å². The maximum absolute atomic E-state index is 12.1. The van der Waals surface area contributed by atoms with Crippen molar-refractivity contribution in [1.29, 1.82) is 0 Å². The van der Waals surface area contributed by atoms with Gasteiger partial charge in [-0.05, 0) is 37.5 Å². The summed E-state index contributed by atoms with van der Waals surface area (Å²) in [4.78, 5) is 23.7. The molecule has 0 atom stereocenters. The normalized spacial score (nSPS) is 14.1. The lowest BCUT2D eigenvalue weighted by Crippen LogP contribution is -2.18. The van der Waals surface area contributed by atoms with Gasteiger partial charge >= 0.3 is 5.69 Å². The zero-order valence-electron chi connectivity index (χ0n) is 11.9. The van der Waals surface area contributed by atoms with Gasteiger partial charge in [0.05, 0.1) is 5.75 Å². The Morgan fingerprint density at radius 2 is 2.32 bits per heavy atom. The van der Waals surface area contributed by atoms with E-state index in [4.69, 9.17) is 11.6 Å². The Bertz CT molecular complexity index is 766. The monoisotopic (exact) mass is 338 g/mol. The first-order valence-corrected chi connectivity index (χ1v) is 8.27. The molecule has 1 aromatic heterocycles. The number of amides is 1. The highest BCUT2D eigenvalue weighted by molar-refractivity contribution is 7.99. The molecule has 1 amide bonds. The van der Waals surface area contributed by atoms with Crippen LogP contribution in [-0.4, -0.2) is 26.4 Å². The number of H-pyrrole nitrogens is 1. The summed E-state index contributed by atoms with van der Waals surface area (Å²) in [7, 11) is 0. The molecule has 0 bridgehead atoms. The van der Waals surface area contributed by atoms with Gasteiger partial charge < -0.3 is 5.32 Å².